The fourth-order valence-corrected chi connectivity index (χ4v) is 2.76. The summed E-state index contributed by atoms with van der Waals surface area (Å²) >= 11 is 0. The number of rotatable bonds is 1. The molecule has 1 spiro atoms. The van der Waals surface area contributed by atoms with E-state index >= 15 is 0 Å². The maximum atomic E-state index is 13.6. The molecule has 1 nitrogen and oxygen atoms in total. The lowest BCUT2D eigenvalue weighted by atomic mass is 9.90. The van der Waals surface area contributed by atoms with Gasteiger partial charge in [0, 0.05) is 11.5 Å². The van der Waals surface area contributed by atoms with Gasteiger partial charge in [-0.25, -0.2) is 4.39 Å². The fourth-order valence-electron chi connectivity index (χ4n) is 2.76. The zero-order chi connectivity index (χ0) is 9.69. The van der Waals surface area contributed by atoms with Crippen molar-refractivity contribution in [2.24, 2.45) is 5.41 Å². The van der Waals surface area contributed by atoms with Gasteiger partial charge in [-0.1, -0.05) is 0 Å². The number of hydrogen-bond acceptors (Lipinski definition) is 1. The van der Waals surface area contributed by atoms with Gasteiger partial charge in [-0.3, -0.25) is 0 Å². The molecule has 76 valence electrons. The maximum absolute atomic E-state index is 13.6. The molecule has 1 saturated carbocycles. The lowest BCUT2D eigenvalue weighted by Gasteiger charge is -2.35. The number of piperidine rings is 1. The number of likely N-dealkylation sites (tertiary alicyclic amines) is 1. The molecule has 2 fully saturated rings. The summed E-state index contributed by atoms with van der Waals surface area (Å²) in [7, 11) is 0. The third kappa shape index (κ3) is 1.39. The Morgan fingerprint density at radius 1 is 1.23 bits per heavy atom. The number of hydrogen-bond donors (Lipinski definition) is 0. The topological polar surface area (TPSA) is 3.24 Å². The van der Waals surface area contributed by atoms with Crippen LogP contribution in [-0.4, -0.2) is 29.7 Å². The minimum absolute atomic E-state index is 0.0817. The fraction of sp³-hybridized carbons (Fsp3) is 1.00. The van der Waals surface area contributed by atoms with E-state index in [1.807, 2.05) is 0 Å². The molecule has 1 heterocycles. The van der Waals surface area contributed by atoms with Crippen molar-refractivity contribution < 1.29 is 4.39 Å². The van der Waals surface area contributed by atoms with Gasteiger partial charge in [0.25, 0.3) is 0 Å². The molecule has 0 amide bonds. The Bertz CT molecular complexity index is 202. The van der Waals surface area contributed by atoms with Crippen LogP contribution in [0.3, 0.4) is 0 Å². The van der Waals surface area contributed by atoms with E-state index in [9.17, 15) is 4.39 Å². The minimum atomic E-state index is -0.837. The molecule has 0 aromatic rings. The Labute approximate surface area is 80.3 Å². The smallest absolute Gasteiger partial charge is 0.114 e. The van der Waals surface area contributed by atoms with Crippen molar-refractivity contribution >= 4 is 0 Å². The van der Waals surface area contributed by atoms with Gasteiger partial charge in [-0.15, -0.1) is 0 Å². The van der Waals surface area contributed by atoms with Crippen LogP contribution in [0.1, 0.15) is 40.0 Å². The highest BCUT2D eigenvalue weighted by Gasteiger charge is 2.65. The summed E-state index contributed by atoms with van der Waals surface area (Å²) in [6, 6.07) is 0.627. The van der Waals surface area contributed by atoms with Crippen molar-refractivity contribution in [3.8, 4) is 0 Å². The molecule has 1 aliphatic carbocycles. The van der Waals surface area contributed by atoms with Crippen molar-refractivity contribution in [3.05, 3.63) is 0 Å². The number of halogens is 1. The van der Waals surface area contributed by atoms with E-state index in [4.69, 9.17) is 0 Å². The third-order valence-corrected chi connectivity index (χ3v) is 4.14. The third-order valence-electron chi connectivity index (χ3n) is 4.14. The summed E-state index contributed by atoms with van der Waals surface area (Å²) in [5.74, 6) is 0. The molecule has 2 aliphatic rings. The predicted molar refractivity (Wildman–Crippen MR) is 52.5 cm³/mol. The van der Waals surface area contributed by atoms with E-state index in [2.05, 4.69) is 18.7 Å². The normalized spacial score (nSPS) is 38.5. The van der Waals surface area contributed by atoms with Crippen LogP contribution in [0.5, 0.6) is 0 Å². The molecule has 0 radical (unpaired) electrons. The molecule has 0 bridgehead atoms. The van der Waals surface area contributed by atoms with Gasteiger partial charge >= 0.3 is 0 Å². The van der Waals surface area contributed by atoms with Crippen LogP contribution < -0.4 is 0 Å². The molecular formula is C11H20FN. The average molecular weight is 185 g/mol. The Hall–Kier alpha value is -0.110. The zero-order valence-electron chi connectivity index (χ0n) is 8.94. The second-order valence-electron chi connectivity index (χ2n) is 5.28. The lowest BCUT2D eigenvalue weighted by Crippen LogP contribution is -2.40. The summed E-state index contributed by atoms with van der Waals surface area (Å²) < 4.78 is 13.6. The first kappa shape index (κ1) is 9.45. The first-order chi connectivity index (χ1) is 5.97. The van der Waals surface area contributed by atoms with Crippen LogP contribution in [0.25, 0.3) is 0 Å². The first-order valence-corrected chi connectivity index (χ1v) is 5.40. The molecule has 0 N–H and O–H groups in total. The Morgan fingerprint density at radius 2 is 1.69 bits per heavy atom. The van der Waals surface area contributed by atoms with Crippen LogP contribution in [-0.2, 0) is 0 Å². The standard InChI is InChI=1S/C11H20FN/c1-9(2)13-6-4-11(5-7-13)8-10(11,3)12/h9H,4-8H2,1-3H3. The Morgan fingerprint density at radius 3 is 2.00 bits per heavy atom. The van der Waals surface area contributed by atoms with Crippen LogP contribution in [0, 0.1) is 5.41 Å². The summed E-state index contributed by atoms with van der Waals surface area (Å²) in [6.07, 6.45) is 2.95. The van der Waals surface area contributed by atoms with E-state index in [-0.39, 0.29) is 5.41 Å². The van der Waals surface area contributed by atoms with Gasteiger partial charge in [-0.2, -0.15) is 0 Å². The largest absolute Gasteiger partial charge is 0.301 e. The molecule has 1 saturated heterocycles. The van der Waals surface area contributed by atoms with E-state index in [1.54, 1.807) is 6.92 Å². The summed E-state index contributed by atoms with van der Waals surface area (Å²) in [5, 5.41) is 0. The highest BCUT2D eigenvalue weighted by Crippen LogP contribution is 2.64. The monoisotopic (exact) mass is 185 g/mol. The van der Waals surface area contributed by atoms with Crippen molar-refractivity contribution in [1.82, 2.24) is 4.90 Å². The first-order valence-electron chi connectivity index (χ1n) is 5.40. The second-order valence-corrected chi connectivity index (χ2v) is 5.28. The predicted octanol–water partition coefficient (Wildman–Crippen LogP) is 2.61. The van der Waals surface area contributed by atoms with Crippen molar-refractivity contribution in [2.45, 2.75) is 51.7 Å². The van der Waals surface area contributed by atoms with Gasteiger partial charge in [0.05, 0.1) is 0 Å². The van der Waals surface area contributed by atoms with Crippen molar-refractivity contribution in [2.75, 3.05) is 13.1 Å². The summed E-state index contributed by atoms with van der Waals surface area (Å²) in [5.41, 5.74) is -0.755. The molecule has 1 aliphatic heterocycles. The SMILES string of the molecule is CC(C)N1CCC2(CC1)CC2(C)F. The van der Waals surface area contributed by atoms with Gasteiger partial charge < -0.3 is 4.90 Å². The van der Waals surface area contributed by atoms with Crippen LogP contribution in [0.15, 0.2) is 0 Å². The molecule has 1 atom stereocenters. The maximum Gasteiger partial charge on any atom is 0.114 e. The Kier molecular flexibility index (Phi) is 1.96. The van der Waals surface area contributed by atoms with Gasteiger partial charge in [0.1, 0.15) is 5.67 Å². The van der Waals surface area contributed by atoms with E-state index in [1.165, 1.54) is 0 Å². The van der Waals surface area contributed by atoms with Crippen LogP contribution in [0.4, 0.5) is 4.39 Å². The number of alkyl halides is 1. The van der Waals surface area contributed by atoms with Crippen LogP contribution >= 0.6 is 0 Å². The summed E-state index contributed by atoms with van der Waals surface area (Å²) in [4.78, 5) is 2.46. The molecule has 13 heavy (non-hydrogen) atoms. The van der Waals surface area contributed by atoms with Gasteiger partial charge in [-0.05, 0) is 53.1 Å². The molecule has 2 heteroatoms. The second kappa shape index (κ2) is 2.69. The van der Waals surface area contributed by atoms with E-state index in [0.717, 1.165) is 32.4 Å². The van der Waals surface area contributed by atoms with E-state index < -0.39 is 5.67 Å². The highest BCUT2D eigenvalue weighted by molar-refractivity contribution is 5.15. The molecule has 0 aromatic carbocycles. The quantitative estimate of drug-likeness (QED) is 0.607. The van der Waals surface area contributed by atoms with Crippen molar-refractivity contribution in [1.29, 1.82) is 0 Å². The Balaban J connectivity index is 1.91. The molecule has 0 aromatic heterocycles. The lowest BCUT2D eigenvalue weighted by molar-refractivity contribution is 0.105. The van der Waals surface area contributed by atoms with Gasteiger partial charge in [0.2, 0.25) is 0 Å². The number of nitrogens with zero attached hydrogens (tertiary/aromatic N) is 1. The average Bonchev–Trinajstić information content (AvgIpc) is 2.53. The van der Waals surface area contributed by atoms with Gasteiger partial charge in [0.15, 0.2) is 0 Å². The zero-order valence-corrected chi connectivity index (χ0v) is 8.94. The molecule has 2 rings (SSSR count). The van der Waals surface area contributed by atoms with Crippen LogP contribution in [0.2, 0.25) is 0 Å². The molecular weight excluding hydrogens is 165 g/mol. The molecule has 1 unspecified atom stereocenters. The summed E-state index contributed by atoms with van der Waals surface area (Å²) in [6.45, 7) is 8.41. The highest BCUT2D eigenvalue weighted by atomic mass is 19.1. The minimum Gasteiger partial charge on any atom is -0.301 e. The van der Waals surface area contributed by atoms with E-state index in [0.29, 0.717) is 6.04 Å². The van der Waals surface area contributed by atoms with Crippen molar-refractivity contribution in [3.63, 3.8) is 0 Å².